The molecule has 0 atom stereocenters. The molecule has 158 valence electrons. The number of amides is 2. The molecule has 0 spiro atoms. The molecule has 2 aromatic heterocycles. The van der Waals surface area contributed by atoms with Gasteiger partial charge in [0.2, 0.25) is 5.88 Å². The van der Waals surface area contributed by atoms with E-state index in [0.29, 0.717) is 34.4 Å². The van der Waals surface area contributed by atoms with Crippen molar-refractivity contribution < 1.29 is 19.0 Å². The van der Waals surface area contributed by atoms with Gasteiger partial charge in [-0.25, -0.2) is 14.3 Å². The lowest BCUT2D eigenvalue weighted by Gasteiger charge is -2.13. The topological polar surface area (TPSA) is 99.0 Å². The van der Waals surface area contributed by atoms with E-state index in [2.05, 4.69) is 20.7 Å². The van der Waals surface area contributed by atoms with Crippen LogP contribution in [-0.2, 0) is 0 Å². The Labute approximate surface area is 178 Å². The highest BCUT2D eigenvalue weighted by Crippen LogP contribution is 2.29. The molecule has 2 heterocycles. The number of ether oxygens (including phenoxy) is 3. The highest BCUT2D eigenvalue weighted by Gasteiger charge is 2.11. The summed E-state index contributed by atoms with van der Waals surface area (Å²) in [6.07, 6.45) is 1.80. The van der Waals surface area contributed by atoms with E-state index in [1.165, 1.54) is 7.11 Å². The Kier molecular flexibility index (Phi) is 5.57. The van der Waals surface area contributed by atoms with Crippen LogP contribution in [-0.4, -0.2) is 42.0 Å². The number of carbonyl (C=O) groups is 1. The van der Waals surface area contributed by atoms with Crippen molar-refractivity contribution in [2.75, 3.05) is 32.0 Å². The zero-order valence-corrected chi connectivity index (χ0v) is 17.2. The van der Waals surface area contributed by atoms with Crippen molar-refractivity contribution >= 4 is 23.1 Å². The zero-order chi connectivity index (χ0) is 21.8. The summed E-state index contributed by atoms with van der Waals surface area (Å²) in [5, 5.41) is 9.92. The van der Waals surface area contributed by atoms with E-state index >= 15 is 0 Å². The van der Waals surface area contributed by atoms with Crippen molar-refractivity contribution in [2.24, 2.45) is 0 Å². The van der Waals surface area contributed by atoms with Crippen LogP contribution in [0, 0.1) is 0 Å². The predicted octanol–water partition coefficient (Wildman–Crippen LogP) is 4.07. The first kappa shape index (κ1) is 20.0. The van der Waals surface area contributed by atoms with E-state index < -0.39 is 6.03 Å². The van der Waals surface area contributed by atoms with Gasteiger partial charge in [0.05, 0.1) is 38.9 Å². The van der Waals surface area contributed by atoms with Gasteiger partial charge >= 0.3 is 6.03 Å². The minimum Gasteiger partial charge on any atom is -0.497 e. The average Bonchev–Trinajstić information content (AvgIpc) is 3.22. The summed E-state index contributed by atoms with van der Waals surface area (Å²) in [6.45, 7) is 0. The molecule has 0 radical (unpaired) electrons. The highest BCUT2D eigenvalue weighted by molar-refractivity contribution is 6.01. The molecule has 0 fully saturated rings. The van der Waals surface area contributed by atoms with Crippen LogP contribution in [0.15, 0.2) is 60.8 Å². The number of fused-ring (bicyclic) bond motifs is 1. The number of nitrogens with one attached hydrogen (secondary N) is 2. The third-order valence-corrected chi connectivity index (χ3v) is 4.58. The van der Waals surface area contributed by atoms with E-state index in [-0.39, 0.29) is 0 Å². The summed E-state index contributed by atoms with van der Waals surface area (Å²) >= 11 is 0. The number of methoxy groups -OCH3 is 3. The lowest BCUT2D eigenvalue weighted by molar-refractivity contribution is 0.262. The van der Waals surface area contributed by atoms with Crippen molar-refractivity contribution in [3.8, 4) is 28.6 Å². The fourth-order valence-corrected chi connectivity index (χ4v) is 3.07. The number of carbonyl (C=O) groups excluding carboxylic acids is 1. The van der Waals surface area contributed by atoms with Crippen molar-refractivity contribution in [3.63, 3.8) is 0 Å². The van der Waals surface area contributed by atoms with Crippen LogP contribution in [0.25, 0.3) is 16.9 Å². The number of rotatable bonds is 6. The highest BCUT2D eigenvalue weighted by atomic mass is 16.5. The van der Waals surface area contributed by atoms with Crippen molar-refractivity contribution in [2.45, 2.75) is 0 Å². The number of hydrogen-bond acceptors (Lipinski definition) is 6. The number of anilines is 2. The summed E-state index contributed by atoms with van der Waals surface area (Å²) in [6, 6.07) is 15.7. The van der Waals surface area contributed by atoms with Gasteiger partial charge in [-0.2, -0.15) is 0 Å². The monoisotopic (exact) mass is 419 g/mol. The minimum absolute atomic E-state index is 0.412. The maximum absolute atomic E-state index is 12.5. The number of imidazole rings is 1. The molecule has 0 aliphatic carbocycles. The Morgan fingerprint density at radius 3 is 2.58 bits per heavy atom. The molecule has 4 aromatic rings. The maximum Gasteiger partial charge on any atom is 0.323 e. The van der Waals surface area contributed by atoms with Crippen molar-refractivity contribution in [3.05, 3.63) is 60.8 Å². The Bertz CT molecular complexity index is 1240. The first-order chi connectivity index (χ1) is 15.1. The molecule has 2 N–H and O–H groups in total. The lowest BCUT2D eigenvalue weighted by atomic mass is 10.1. The molecule has 9 nitrogen and oxygen atoms in total. The van der Waals surface area contributed by atoms with Crippen LogP contribution in [0.5, 0.6) is 17.4 Å². The van der Waals surface area contributed by atoms with E-state index in [1.54, 1.807) is 55.3 Å². The van der Waals surface area contributed by atoms with E-state index in [0.717, 1.165) is 11.3 Å². The SMILES string of the molecule is COc1ccc(OC)c(NC(=O)Nc2cccc(-c3cn4nc(OC)ccc4n3)c2)c1. The van der Waals surface area contributed by atoms with Crippen LogP contribution in [0.3, 0.4) is 0 Å². The van der Waals surface area contributed by atoms with Crippen LogP contribution in [0.1, 0.15) is 0 Å². The van der Waals surface area contributed by atoms with Gasteiger partial charge < -0.3 is 24.8 Å². The normalized spacial score (nSPS) is 10.5. The Balaban J connectivity index is 1.53. The Morgan fingerprint density at radius 1 is 0.935 bits per heavy atom. The number of nitrogens with zero attached hydrogens (tertiary/aromatic N) is 3. The first-order valence-electron chi connectivity index (χ1n) is 9.40. The number of urea groups is 1. The summed E-state index contributed by atoms with van der Waals surface area (Å²) in [5.41, 5.74) is 3.35. The molecule has 9 heteroatoms. The van der Waals surface area contributed by atoms with Gasteiger partial charge in [-0.05, 0) is 30.3 Å². The van der Waals surface area contributed by atoms with Gasteiger partial charge in [-0.3, -0.25) is 0 Å². The molecule has 2 amide bonds. The van der Waals surface area contributed by atoms with Gasteiger partial charge in [0, 0.05) is 23.4 Å². The summed E-state index contributed by atoms with van der Waals surface area (Å²) < 4.78 is 17.3. The molecule has 31 heavy (non-hydrogen) atoms. The molecule has 0 bridgehead atoms. The van der Waals surface area contributed by atoms with Crippen LogP contribution in [0.4, 0.5) is 16.2 Å². The molecule has 0 saturated carbocycles. The maximum atomic E-state index is 12.5. The van der Waals surface area contributed by atoms with Gasteiger partial charge in [-0.15, -0.1) is 5.10 Å². The van der Waals surface area contributed by atoms with Crippen LogP contribution in [0.2, 0.25) is 0 Å². The summed E-state index contributed by atoms with van der Waals surface area (Å²) in [5.74, 6) is 1.63. The third-order valence-electron chi connectivity index (χ3n) is 4.58. The van der Waals surface area contributed by atoms with Gasteiger partial charge in [0.1, 0.15) is 11.5 Å². The molecule has 2 aromatic carbocycles. The predicted molar refractivity (Wildman–Crippen MR) is 117 cm³/mol. The van der Waals surface area contributed by atoms with Gasteiger partial charge in [-0.1, -0.05) is 12.1 Å². The zero-order valence-electron chi connectivity index (χ0n) is 17.2. The van der Waals surface area contributed by atoms with Crippen molar-refractivity contribution in [1.29, 1.82) is 0 Å². The van der Waals surface area contributed by atoms with E-state index in [1.807, 2.05) is 24.3 Å². The number of aromatic nitrogens is 3. The molecule has 0 saturated heterocycles. The van der Waals surface area contributed by atoms with E-state index in [9.17, 15) is 4.79 Å². The Morgan fingerprint density at radius 2 is 1.81 bits per heavy atom. The second kappa shape index (κ2) is 8.62. The molecule has 0 aliphatic heterocycles. The quantitative estimate of drug-likeness (QED) is 0.489. The fraction of sp³-hybridized carbons (Fsp3) is 0.136. The molecule has 0 aliphatic rings. The smallest absolute Gasteiger partial charge is 0.323 e. The fourth-order valence-electron chi connectivity index (χ4n) is 3.07. The largest absolute Gasteiger partial charge is 0.497 e. The second-order valence-electron chi connectivity index (χ2n) is 6.53. The molecular weight excluding hydrogens is 398 g/mol. The summed E-state index contributed by atoms with van der Waals surface area (Å²) in [4.78, 5) is 17.1. The standard InChI is InChI=1S/C22H21N5O4/c1-29-16-7-8-19(30-2)17(12-16)25-22(28)23-15-6-4-5-14(11-15)18-13-27-20(24-18)9-10-21(26-27)31-3/h4-13H,1-3H3,(H2,23,25,28). The summed E-state index contributed by atoms with van der Waals surface area (Å²) in [7, 11) is 4.66. The molecule has 0 unspecified atom stereocenters. The third kappa shape index (κ3) is 4.35. The van der Waals surface area contributed by atoms with Gasteiger partial charge in [0.25, 0.3) is 0 Å². The van der Waals surface area contributed by atoms with E-state index in [4.69, 9.17) is 14.2 Å². The number of benzene rings is 2. The number of hydrogen-bond donors (Lipinski definition) is 2. The second-order valence-corrected chi connectivity index (χ2v) is 6.53. The molecular formula is C22H21N5O4. The van der Waals surface area contributed by atoms with Crippen molar-refractivity contribution in [1.82, 2.24) is 14.6 Å². The lowest BCUT2D eigenvalue weighted by Crippen LogP contribution is -2.19. The first-order valence-corrected chi connectivity index (χ1v) is 9.40. The minimum atomic E-state index is -0.412. The average molecular weight is 419 g/mol. The van der Waals surface area contributed by atoms with Crippen LogP contribution < -0.4 is 24.8 Å². The van der Waals surface area contributed by atoms with Gasteiger partial charge in [0.15, 0.2) is 5.65 Å². The Hall–Kier alpha value is -4.27. The van der Waals surface area contributed by atoms with Crippen LogP contribution >= 0.6 is 0 Å². The molecule has 4 rings (SSSR count).